The fourth-order valence-corrected chi connectivity index (χ4v) is 2.25. The lowest BCUT2D eigenvalue weighted by atomic mass is 10.2. The molecule has 0 fully saturated rings. The number of para-hydroxylation sites is 1. The second-order valence-corrected chi connectivity index (χ2v) is 5.42. The predicted molar refractivity (Wildman–Crippen MR) is 91.5 cm³/mol. The van der Waals surface area contributed by atoms with Crippen molar-refractivity contribution >= 4 is 11.7 Å². The fourth-order valence-electron chi connectivity index (χ4n) is 2.25. The van der Waals surface area contributed by atoms with E-state index >= 15 is 0 Å². The van der Waals surface area contributed by atoms with Gasteiger partial charge in [0.15, 0.2) is 5.69 Å². The summed E-state index contributed by atoms with van der Waals surface area (Å²) < 4.78 is 1.57. The van der Waals surface area contributed by atoms with Gasteiger partial charge in [0.2, 0.25) is 5.43 Å². The monoisotopic (exact) mass is 320 g/mol. The number of amides is 1. The van der Waals surface area contributed by atoms with Crippen LogP contribution >= 0.6 is 0 Å². The van der Waals surface area contributed by atoms with E-state index < -0.39 is 11.3 Å². The van der Waals surface area contributed by atoms with Gasteiger partial charge in [-0.1, -0.05) is 24.3 Å². The molecule has 1 amide bonds. The van der Waals surface area contributed by atoms with Crippen molar-refractivity contribution < 1.29 is 4.79 Å². The molecule has 0 spiro atoms. The van der Waals surface area contributed by atoms with Crippen LogP contribution in [0.4, 0.5) is 5.82 Å². The molecule has 0 aliphatic rings. The van der Waals surface area contributed by atoms with Gasteiger partial charge in [-0.3, -0.25) is 9.59 Å². The number of hydrogen-bond acceptors (Lipinski definition) is 4. The lowest BCUT2D eigenvalue weighted by Gasteiger charge is -2.11. The molecule has 6 heteroatoms. The first kappa shape index (κ1) is 15.6. The zero-order valence-corrected chi connectivity index (χ0v) is 13.4. The van der Waals surface area contributed by atoms with Crippen molar-refractivity contribution in [2.24, 2.45) is 0 Å². The van der Waals surface area contributed by atoms with Crippen LogP contribution in [-0.4, -0.2) is 20.7 Å². The molecule has 0 saturated carbocycles. The van der Waals surface area contributed by atoms with E-state index in [9.17, 15) is 9.59 Å². The minimum atomic E-state index is -0.582. The van der Waals surface area contributed by atoms with Gasteiger partial charge >= 0.3 is 0 Å². The predicted octanol–water partition coefficient (Wildman–Crippen LogP) is 2.50. The van der Waals surface area contributed by atoms with Crippen LogP contribution in [0.2, 0.25) is 0 Å². The van der Waals surface area contributed by atoms with Crippen molar-refractivity contribution in [1.82, 2.24) is 14.8 Å². The number of carbonyl (C=O) groups is 1. The lowest BCUT2D eigenvalue weighted by Crippen LogP contribution is -2.27. The van der Waals surface area contributed by atoms with Crippen molar-refractivity contribution in [3.05, 3.63) is 81.9 Å². The summed E-state index contributed by atoms with van der Waals surface area (Å²) >= 11 is 0. The van der Waals surface area contributed by atoms with Crippen molar-refractivity contribution in [2.75, 3.05) is 5.32 Å². The SMILES string of the molecule is Cc1ccc(NC(=O)c2nn(-c3ccccc3)c(C)cc2=O)nc1. The van der Waals surface area contributed by atoms with Crippen LogP contribution in [0.15, 0.2) is 59.5 Å². The maximum atomic E-state index is 12.4. The Morgan fingerprint density at radius 3 is 2.50 bits per heavy atom. The normalized spacial score (nSPS) is 10.4. The number of aryl methyl sites for hydroxylation is 2. The van der Waals surface area contributed by atoms with Gasteiger partial charge in [-0.25, -0.2) is 9.67 Å². The number of hydrogen-bond donors (Lipinski definition) is 1. The Kier molecular flexibility index (Phi) is 4.20. The molecule has 2 aromatic heterocycles. The van der Waals surface area contributed by atoms with Gasteiger partial charge in [0.25, 0.3) is 5.91 Å². The minimum Gasteiger partial charge on any atom is -0.305 e. The number of nitrogens with one attached hydrogen (secondary N) is 1. The van der Waals surface area contributed by atoms with Crippen LogP contribution in [0.3, 0.4) is 0 Å². The molecule has 0 unspecified atom stereocenters. The third-order valence-electron chi connectivity index (χ3n) is 3.48. The van der Waals surface area contributed by atoms with Crippen molar-refractivity contribution in [3.8, 4) is 5.69 Å². The fraction of sp³-hybridized carbons (Fsp3) is 0.111. The van der Waals surface area contributed by atoms with Crippen LogP contribution in [0.1, 0.15) is 21.7 Å². The third-order valence-corrected chi connectivity index (χ3v) is 3.48. The molecule has 6 nitrogen and oxygen atoms in total. The van der Waals surface area contributed by atoms with Crippen LogP contribution in [0, 0.1) is 13.8 Å². The summed E-state index contributed by atoms with van der Waals surface area (Å²) in [6.45, 7) is 3.67. The van der Waals surface area contributed by atoms with Crippen molar-refractivity contribution in [1.29, 1.82) is 0 Å². The number of anilines is 1. The zero-order chi connectivity index (χ0) is 17.1. The molecule has 1 N–H and O–H groups in total. The summed E-state index contributed by atoms with van der Waals surface area (Å²) in [5.74, 6) is -0.209. The highest BCUT2D eigenvalue weighted by atomic mass is 16.2. The average molecular weight is 320 g/mol. The third kappa shape index (κ3) is 3.22. The summed E-state index contributed by atoms with van der Waals surface area (Å²) in [6, 6.07) is 14.2. The van der Waals surface area contributed by atoms with Crippen LogP contribution in [0.5, 0.6) is 0 Å². The maximum absolute atomic E-state index is 12.4. The Balaban J connectivity index is 1.97. The molecule has 3 aromatic rings. The number of pyridine rings is 1. The maximum Gasteiger partial charge on any atom is 0.281 e. The second kappa shape index (κ2) is 6.45. The van der Waals surface area contributed by atoms with E-state index in [4.69, 9.17) is 0 Å². The van der Waals surface area contributed by atoms with Gasteiger partial charge in [0.05, 0.1) is 5.69 Å². The molecular weight excluding hydrogens is 304 g/mol. The van der Waals surface area contributed by atoms with Gasteiger partial charge in [-0.2, -0.15) is 5.10 Å². The number of aromatic nitrogens is 3. The Morgan fingerprint density at radius 1 is 1.08 bits per heavy atom. The molecule has 1 aromatic carbocycles. The van der Waals surface area contributed by atoms with E-state index in [0.29, 0.717) is 11.5 Å². The summed E-state index contributed by atoms with van der Waals surface area (Å²) in [5.41, 5.74) is 1.80. The number of benzene rings is 1. The van der Waals surface area contributed by atoms with Gasteiger partial charge < -0.3 is 5.32 Å². The molecule has 2 heterocycles. The smallest absolute Gasteiger partial charge is 0.281 e. The second-order valence-electron chi connectivity index (χ2n) is 5.42. The van der Waals surface area contributed by atoms with Gasteiger partial charge in [0.1, 0.15) is 5.82 Å². The number of rotatable bonds is 3. The van der Waals surface area contributed by atoms with Gasteiger partial charge in [-0.15, -0.1) is 0 Å². The molecule has 0 aliphatic carbocycles. The Morgan fingerprint density at radius 2 is 1.83 bits per heavy atom. The highest BCUT2D eigenvalue weighted by molar-refractivity contribution is 6.02. The van der Waals surface area contributed by atoms with E-state index in [1.807, 2.05) is 43.3 Å². The van der Waals surface area contributed by atoms with Gasteiger partial charge in [0, 0.05) is 18.0 Å². The first-order valence-electron chi connectivity index (χ1n) is 7.45. The Bertz CT molecular complexity index is 931. The summed E-state index contributed by atoms with van der Waals surface area (Å²) in [4.78, 5) is 28.6. The molecule has 0 saturated heterocycles. The topological polar surface area (TPSA) is 76.9 Å². The average Bonchev–Trinajstić information content (AvgIpc) is 2.58. The Labute approximate surface area is 138 Å². The molecule has 0 aliphatic heterocycles. The van der Waals surface area contributed by atoms with Crippen molar-refractivity contribution in [2.45, 2.75) is 13.8 Å². The number of nitrogens with zero attached hydrogens (tertiary/aromatic N) is 3. The standard InChI is InChI=1S/C18H16N4O2/c1-12-8-9-16(19-11-12)20-18(24)17-15(23)10-13(2)22(21-17)14-6-4-3-5-7-14/h3-11H,1-2H3,(H,19,20,24). The lowest BCUT2D eigenvalue weighted by molar-refractivity contribution is 0.101. The first-order chi connectivity index (χ1) is 11.5. The van der Waals surface area contributed by atoms with E-state index in [1.165, 1.54) is 6.07 Å². The highest BCUT2D eigenvalue weighted by Crippen LogP contribution is 2.09. The van der Waals surface area contributed by atoms with E-state index in [2.05, 4.69) is 15.4 Å². The Hall–Kier alpha value is -3.28. The molecule has 24 heavy (non-hydrogen) atoms. The summed E-state index contributed by atoms with van der Waals surface area (Å²) in [6.07, 6.45) is 1.64. The van der Waals surface area contributed by atoms with Crippen molar-refractivity contribution in [3.63, 3.8) is 0 Å². The number of carbonyl (C=O) groups excluding carboxylic acids is 1. The summed E-state index contributed by atoms with van der Waals surface area (Å²) in [5, 5.41) is 6.82. The van der Waals surface area contributed by atoms with E-state index in [-0.39, 0.29) is 5.69 Å². The van der Waals surface area contributed by atoms with Crippen LogP contribution < -0.4 is 10.7 Å². The largest absolute Gasteiger partial charge is 0.305 e. The molecule has 0 atom stereocenters. The summed E-state index contributed by atoms with van der Waals surface area (Å²) in [7, 11) is 0. The van der Waals surface area contributed by atoms with E-state index in [0.717, 1.165) is 11.3 Å². The molecule has 0 radical (unpaired) electrons. The minimum absolute atomic E-state index is 0.174. The zero-order valence-electron chi connectivity index (χ0n) is 13.4. The quantitative estimate of drug-likeness (QED) is 0.804. The molecular formula is C18H16N4O2. The van der Waals surface area contributed by atoms with E-state index in [1.54, 1.807) is 23.9 Å². The van der Waals surface area contributed by atoms with Gasteiger partial charge in [-0.05, 0) is 37.6 Å². The van der Waals surface area contributed by atoms with Crippen LogP contribution in [-0.2, 0) is 0 Å². The molecule has 0 bridgehead atoms. The molecule has 120 valence electrons. The molecule has 3 rings (SSSR count). The highest BCUT2D eigenvalue weighted by Gasteiger charge is 2.15. The van der Waals surface area contributed by atoms with Crippen LogP contribution in [0.25, 0.3) is 5.69 Å². The first-order valence-corrected chi connectivity index (χ1v) is 7.45.